The van der Waals surface area contributed by atoms with Gasteiger partial charge in [0.15, 0.2) is 5.82 Å². The molecule has 3 heterocycles. The molecule has 4 rings (SSSR count). The van der Waals surface area contributed by atoms with Crippen LogP contribution in [0.2, 0.25) is 0 Å². The topological polar surface area (TPSA) is 63.1 Å². The number of piperidine rings is 1. The van der Waals surface area contributed by atoms with Crippen LogP contribution in [0.5, 0.6) is 0 Å². The monoisotopic (exact) mass is 417 g/mol. The summed E-state index contributed by atoms with van der Waals surface area (Å²) >= 11 is 1.53. The smallest absolute Gasteiger partial charge is 0.291 e. The van der Waals surface area contributed by atoms with Gasteiger partial charge in [0.2, 0.25) is 5.82 Å². The molecule has 3 aromatic rings. The Morgan fingerprint density at radius 2 is 1.93 bits per heavy atom. The molecule has 0 spiro atoms. The van der Waals surface area contributed by atoms with Gasteiger partial charge in [-0.05, 0) is 36.4 Å². The van der Waals surface area contributed by atoms with Crippen molar-refractivity contribution < 1.29 is 13.6 Å². The summed E-state index contributed by atoms with van der Waals surface area (Å²) in [6.45, 7) is 0.872. The summed E-state index contributed by atoms with van der Waals surface area (Å²) < 4.78 is 26.7. The number of aromatic nitrogens is 3. The van der Waals surface area contributed by atoms with Gasteiger partial charge in [-0.3, -0.25) is 9.69 Å². The predicted molar refractivity (Wildman–Crippen MR) is 108 cm³/mol. The first-order valence-corrected chi connectivity index (χ1v) is 10.4. The number of benzene rings is 1. The van der Waals surface area contributed by atoms with Gasteiger partial charge in [-0.25, -0.2) is 18.4 Å². The molecule has 0 atom stereocenters. The van der Waals surface area contributed by atoms with Crippen molar-refractivity contribution >= 4 is 17.2 Å². The number of amides is 1. The van der Waals surface area contributed by atoms with Crippen molar-refractivity contribution in [2.75, 3.05) is 19.6 Å². The van der Waals surface area contributed by atoms with E-state index in [1.807, 2.05) is 47.8 Å². The first kappa shape index (κ1) is 19.7. The van der Waals surface area contributed by atoms with Gasteiger partial charge in [-0.1, -0.05) is 24.3 Å². The first-order valence-electron chi connectivity index (χ1n) is 9.48. The number of para-hydroxylation sites is 1. The van der Waals surface area contributed by atoms with E-state index in [9.17, 15) is 13.6 Å². The predicted octanol–water partition coefficient (Wildman–Crippen LogP) is 3.46. The minimum atomic E-state index is -2.33. The largest absolute Gasteiger partial charge is 0.346 e. The summed E-state index contributed by atoms with van der Waals surface area (Å²) in [7, 11) is 0. The highest BCUT2D eigenvalue weighted by Gasteiger charge is 2.25. The van der Waals surface area contributed by atoms with Gasteiger partial charge in [0.05, 0.1) is 17.1 Å². The Kier molecular flexibility index (Phi) is 5.96. The van der Waals surface area contributed by atoms with E-state index >= 15 is 0 Å². The van der Waals surface area contributed by atoms with Gasteiger partial charge in [-0.2, -0.15) is 0 Å². The number of carbonyl (C=O) groups excluding carboxylic acids is 1. The van der Waals surface area contributed by atoms with Crippen LogP contribution in [0.25, 0.3) is 16.4 Å². The Morgan fingerprint density at radius 3 is 2.59 bits per heavy atom. The molecular weight excluding hydrogens is 396 g/mol. The zero-order valence-corrected chi connectivity index (χ0v) is 16.5. The lowest BCUT2D eigenvalue weighted by Gasteiger charge is -2.31. The Bertz CT molecular complexity index is 937. The number of rotatable bonds is 6. The van der Waals surface area contributed by atoms with Crippen LogP contribution in [0.15, 0.2) is 47.8 Å². The fourth-order valence-corrected chi connectivity index (χ4v) is 4.13. The van der Waals surface area contributed by atoms with Crippen molar-refractivity contribution in [3.05, 3.63) is 53.7 Å². The number of nitrogens with one attached hydrogen (secondary N) is 1. The second-order valence-electron chi connectivity index (χ2n) is 6.92. The zero-order chi connectivity index (χ0) is 20.2. The number of alkyl halides is 2. The molecule has 1 aliphatic rings. The fourth-order valence-electron chi connectivity index (χ4n) is 3.43. The number of likely N-dealkylation sites (tertiary alicyclic amines) is 1. The summed E-state index contributed by atoms with van der Waals surface area (Å²) in [6, 6.07) is 13.3. The zero-order valence-electron chi connectivity index (χ0n) is 15.7. The average molecular weight is 417 g/mol. The first-order chi connectivity index (χ1) is 14.1. The van der Waals surface area contributed by atoms with Gasteiger partial charge < -0.3 is 5.32 Å². The van der Waals surface area contributed by atoms with Gasteiger partial charge in [0.25, 0.3) is 12.3 Å². The molecule has 0 aliphatic carbocycles. The molecule has 6 nitrogen and oxygen atoms in total. The maximum Gasteiger partial charge on any atom is 0.291 e. The van der Waals surface area contributed by atoms with Gasteiger partial charge in [0, 0.05) is 19.1 Å². The number of hydrogen-bond acceptors (Lipinski definition) is 5. The van der Waals surface area contributed by atoms with Crippen LogP contribution in [0.4, 0.5) is 8.78 Å². The molecule has 0 unspecified atom stereocenters. The average Bonchev–Trinajstić information content (AvgIpc) is 3.39. The van der Waals surface area contributed by atoms with E-state index in [2.05, 4.69) is 15.4 Å². The number of thiophene rings is 1. The van der Waals surface area contributed by atoms with Gasteiger partial charge >= 0.3 is 0 Å². The lowest BCUT2D eigenvalue weighted by atomic mass is 10.1. The number of carbonyl (C=O) groups is 1. The van der Waals surface area contributed by atoms with E-state index in [1.54, 1.807) is 9.58 Å². The van der Waals surface area contributed by atoms with E-state index in [0.29, 0.717) is 31.8 Å². The summed E-state index contributed by atoms with van der Waals surface area (Å²) in [5.41, 5.74) is 0.822. The molecule has 1 amide bonds. The highest BCUT2D eigenvalue weighted by atomic mass is 32.1. The van der Waals surface area contributed by atoms with Crippen LogP contribution in [0, 0.1) is 0 Å². The molecule has 0 radical (unpaired) electrons. The molecule has 0 bridgehead atoms. The molecule has 1 aliphatic heterocycles. The van der Waals surface area contributed by atoms with Crippen molar-refractivity contribution in [1.82, 2.24) is 25.0 Å². The Labute approximate surface area is 171 Å². The third-order valence-electron chi connectivity index (χ3n) is 4.87. The molecule has 29 heavy (non-hydrogen) atoms. The summed E-state index contributed by atoms with van der Waals surface area (Å²) in [5, 5.41) is 9.36. The van der Waals surface area contributed by atoms with Crippen LogP contribution in [-0.2, 0) is 0 Å². The number of nitrogens with zero attached hydrogens (tertiary/aromatic N) is 4. The minimum Gasteiger partial charge on any atom is -0.346 e. The van der Waals surface area contributed by atoms with E-state index in [-0.39, 0.29) is 24.3 Å². The quantitative estimate of drug-likeness (QED) is 0.667. The molecular formula is C20H21F2N5OS. The maximum absolute atomic E-state index is 12.8. The van der Waals surface area contributed by atoms with Gasteiger partial charge in [0.1, 0.15) is 0 Å². The summed E-state index contributed by atoms with van der Waals surface area (Å²) in [4.78, 5) is 19.9. The van der Waals surface area contributed by atoms with Crippen LogP contribution in [-0.4, -0.2) is 57.7 Å². The lowest BCUT2D eigenvalue weighted by Crippen LogP contribution is -2.46. The van der Waals surface area contributed by atoms with Crippen molar-refractivity contribution in [2.45, 2.75) is 25.3 Å². The van der Waals surface area contributed by atoms with Crippen LogP contribution in [0.3, 0.4) is 0 Å². The standard InChI is InChI=1S/C20H21F2N5OS/c21-17(22)13-26-10-8-14(9-11-26)23-20(28)18-24-19(16-7-4-12-29-16)27(25-18)15-5-2-1-3-6-15/h1-7,12,14,17H,8-11,13H2,(H,23,28). The molecule has 2 aromatic heterocycles. The molecule has 1 aromatic carbocycles. The van der Waals surface area contributed by atoms with Crippen LogP contribution >= 0.6 is 11.3 Å². The van der Waals surface area contributed by atoms with Gasteiger partial charge in [-0.15, -0.1) is 16.4 Å². The highest BCUT2D eigenvalue weighted by molar-refractivity contribution is 7.13. The third-order valence-corrected chi connectivity index (χ3v) is 5.74. The molecule has 1 fully saturated rings. The highest BCUT2D eigenvalue weighted by Crippen LogP contribution is 2.25. The molecule has 0 saturated carbocycles. The molecule has 9 heteroatoms. The van der Waals surface area contributed by atoms with Crippen molar-refractivity contribution in [1.29, 1.82) is 0 Å². The van der Waals surface area contributed by atoms with Crippen molar-refractivity contribution in [3.8, 4) is 16.4 Å². The minimum absolute atomic E-state index is 0.0646. The summed E-state index contributed by atoms with van der Waals surface area (Å²) in [6.07, 6.45) is -1.06. The van der Waals surface area contributed by atoms with E-state index in [0.717, 1.165) is 10.6 Å². The van der Waals surface area contributed by atoms with E-state index in [1.165, 1.54) is 11.3 Å². The number of halogens is 2. The van der Waals surface area contributed by atoms with E-state index < -0.39 is 6.43 Å². The van der Waals surface area contributed by atoms with E-state index in [4.69, 9.17) is 0 Å². The summed E-state index contributed by atoms with van der Waals surface area (Å²) in [5.74, 6) is 0.375. The Morgan fingerprint density at radius 1 is 1.17 bits per heavy atom. The SMILES string of the molecule is O=C(NC1CCN(CC(F)F)CC1)c1nc(-c2cccs2)n(-c2ccccc2)n1. The molecule has 152 valence electrons. The Hall–Kier alpha value is -2.65. The fraction of sp³-hybridized carbons (Fsp3) is 0.350. The molecule has 1 N–H and O–H groups in total. The third kappa shape index (κ3) is 4.68. The molecule has 1 saturated heterocycles. The Balaban J connectivity index is 1.49. The number of hydrogen-bond donors (Lipinski definition) is 1. The van der Waals surface area contributed by atoms with Crippen molar-refractivity contribution in [3.63, 3.8) is 0 Å². The maximum atomic E-state index is 12.8. The van der Waals surface area contributed by atoms with Crippen LogP contribution in [0.1, 0.15) is 23.5 Å². The van der Waals surface area contributed by atoms with Crippen molar-refractivity contribution in [2.24, 2.45) is 0 Å². The second kappa shape index (κ2) is 8.79. The lowest BCUT2D eigenvalue weighted by molar-refractivity contribution is 0.0694. The normalized spacial score (nSPS) is 15.7. The van der Waals surface area contributed by atoms with Crippen LogP contribution < -0.4 is 5.32 Å². The second-order valence-corrected chi connectivity index (χ2v) is 7.87.